The van der Waals surface area contributed by atoms with Crippen molar-refractivity contribution < 1.29 is 0 Å². The molecule has 0 unspecified atom stereocenters. The molecule has 0 saturated heterocycles. The van der Waals surface area contributed by atoms with E-state index in [2.05, 4.69) is 228 Å². The molecule has 9 aromatic carbocycles. The van der Waals surface area contributed by atoms with E-state index in [1.165, 1.54) is 121 Å². The number of hydrogen-bond donors (Lipinski definition) is 0. The monoisotopic (exact) mass is 822 g/mol. The molecule has 4 heteroatoms. The third kappa shape index (κ3) is 5.29. The molecule has 0 aliphatic rings. The molecule has 13 rings (SSSR count). The number of benzene rings is 9. The predicted octanol–water partition coefficient (Wildman–Crippen LogP) is 15.8. The van der Waals surface area contributed by atoms with Gasteiger partial charge < -0.3 is 18.3 Å². The second-order valence-corrected chi connectivity index (χ2v) is 17.7. The summed E-state index contributed by atoms with van der Waals surface area (Å²) < 4.78 is 9.84. The van der Waals surface area contributed by atoms with Gasteiger partial charge in [0.15, 0.2) is 0 Å². The number of rotatable bonds is 6. The fraction of sp³-hybridized carbons (Fsp3) is 0.100. The molecule has 0 aliphatic heterocycles. The summed E-state index contributed by atoms with van der Waals surface area (Å²) in [6.45, 7) is 8.79. The van der Waals surface area contributed by atoms with Gasteiger partial charge in [-0.3, -0.25) is 0 Å². The highest BCUT2D eigenvalue weighted by atomic mass is 15.0. The highest BCUT2D eigenvalue weighted by Gasteiger charge is 2.21. The van der Waals surface area contributed by atoms with Crippen molar-refractivity contribution in [2.45, 2.75) is 40.5 Å². The standard InChI is InChI=1S/C60H46N4/c1-5-39-19-27-55-47(31-39)49-33-43(25-29-57(49)61(55)41-21-15-37(3)16-22-41)63-53-13-9-7-11-45(53)51-36-60-52(35-59(51)63)46-12-8-10-14-54(46)64(60)44-26-30-58-50(34-44)48-32-40(6-2)20-28-56(48)62(58)42-23-17-38(4)18-24-42/h7-36H,5-6H2,1-4H3. The SMILES string of the molecule is CCc1ccc2c(c1)c1cc(-n3c4ccccc4c4cc5c(cc43)c3ccccc3n5-c3ccc4c(c3)c3cc(CC)ccc3n4-c3ccc(C)cc3)ccc1n2-c1ccc(C)cc1. The van der Waals surface area contributed by atoms with E-state index in [0.29, 0.717) is 0 Å². The minimum Gasteiger partial charge on any atom is -0.309 e. The molecular formula is C60H46N4. The zero-order valence-electron chi connectivity index (χ0n) is 36.5. The minimum absolute atomic E-state index is 0.994. The molecule has 0 fully saturated rings. The van der Waals surface area contributed by atoms with Gasteiger partial charge in [0, 0.05) is 65.8 Å². The fourth-order valence-electron chi connectivity index (χ4n) is 10.8. The lowest BCUT2D eigenvalue weighted by Crippen LogP contribution is -1.96. The van der Waals surface area contributed by atoms with Crippen LogP contribution in [0.3, 0.4) is 0 Å². The summed E-state index contributed by atoms with van der Waals surface area (Å²) in [5.74, 6) is 0. The van der Waals surface area contributed by atoms with Crippen molar-refractivity contribution >= 4 is 87.2 Å². The van der Waals surface area contributed by atoms with Crippen molar-refractivity contribution in [3.8, 4) is 22.7 Å². The molecule has 0 radical (unpaired) electrons. The van der Waals surface area contributed by atoms with Gasteiger partial charge in [-0.05, 0) is 147 Å². The van der Waals surface area contributed by atoms with E-state index in [4.69, 9.17) is 0 Å². The lowest BCUT2D eigenvalue weighted by Gasteiger charge is -2.11. The van der Waals surface area contributed by atoms with Crippen LogP contribution in [0.5, 0.6) is 0 Å². The van der Waals surface area contributed by atoms with E-state index in [1.807, 2.05) is 0 Å². The molecule has 306 valence electrons. The van der Waals surface area contributed by atoms with Crippen LogP contribution < -0.4 is 0 Å². The van der Waals surface area contributed by atoms with Crippen LogP contribution in [-0.2, 0) is 12.8 Å². The van der Waals surface area contributed by atoms with Crippen molar-refractivity contribution in [1.82, 2.24) is 18.3 Å². The summed E-state index contributed by atoms with van der Waals surface area (Å²) in [7, 11) is 0. The average Bonchev–Trinajstić information content (AvgIpc) is 4.05. The van der Waals surface area contributed by atoms with Gasteiger partial charge >= 0.3 is 0 Å². The molecule has 0 N–H and O–H groups in total. The van der Waals surface area contributed by atoms with Gasteiger partial charge in [0.2, 0.25) is 0 Å². The molecule has 0 bridgehead atoms. The van der Waals surface area contributed by atoms with E-state index in [1.54, 1.807) is 0 Å². The first-order valence-electron chi connectivity index (χ1n) is 22.7. The van der Waals surface area contributed by atoms with Crippen molar-refractivity contribution in [3.05, 3.63) is 204 Å². The molecule has 0 saturated carbocycles. The number of nitrogens with zero attached hydrogens (tertiary/aromatic N) is 4. The number of fused-ring (bicyclic) bond motifs is 12. The van der Waals surface area contributed by atoms with Crippen LogP contribution in [-0.4, -0.2) is 18.3 Å². The lowest BCUT2D eigenvalue weighted by atomic mass is 10.1. The first-order valence-corrected chi connectivity index (χ1v) is 22.7. The number of para-hydroxylation sites is 2. The minimum atomic E-state index is 0.994. The van der Waals surface area contributed by atoms with Crippen LogP contribution >= 0.6 is 0 Å². The van der Waals surface area contributed by atoms with E-state index in [0.717, 1.165) is 24.2 Å². The third-order valence-corrected chi connectivity index (χ3v) is 14.0. The van der Waals surface area contributed by atoms with Gasteiger partial charge in [-0.15, -0.1) is 0 Å². The molecule has 4 nitrogen and oxygen atoms in total. The largest absolute Gasteiger partial charge is 0.309 e. The fourth-order valence-corrected chi connectivity index (χ4v) is 10.8. The Hall–Kier alpha value is -7.82. The molecule has 0 aliphatic carbocycles. The van der Waals surface area contributed by atoms with Gasteiger partial charge in [-0.2, -0.15) is 0 Å². The van der Waals surface area contributed by atoms with Gasteiger partial charge in [0.05, 0.1) is 44.1 Å². The van der Waals surface area contributed by atoms with Gasteiger partial charge in [0.1, 0.15) is 0 Å². The zero-order valence-corrected chi connectivity index (χ0v) is 36.5. The molecule has 0 spiro atoms. The van der Waals surface area contributed by atoms with E-state index in [-0.39, 0.29) is 0 Å². The Balaban J connectivity index is 1.06. The predicted molar refractivity (Wildman–Crippen MR) is 272 cm³/mol. The van der Waals surface area contributed by atoms with Crippen LogP contribution in [0.1, 0.15) is 36.1 Å². The normalized spacial score (nSPS) is 12.2. The average molecular weight is 823 g/mol. The Bertz CT molecular complexity index is 3770. The van der Waals surface area contributed by atoms with E-state index < -0.39 is 0 Å². The topological polar surface area (TPSA) is 19.7 Å². The van der Waals surface area contributed by atoms with Gasteiger partial charge in [-0.25, -0.2) is 0 Å². The molecular weight excluding hydrogens is 777 g/mol. The van der Waals surface area contributed by atoms with E-state index in [9.17, 15) is 0 Å². The van der Waals surface area contributed by atoms with Gasteiger partial charge in [0.25, 0.3) is 0 Å². The Morgan fingerprint density at radius 1 is 0.266 bits per heavy atom. The van der Waals surface area contributed by atoms with E-state index >= 15 is 0 Å². The van der Waals surface area contributed by atoms with Crippen LogP contribution in [0.4, 0.5) is 0 Å². The van der Waals surface area contributed by atoms with Crippen molar-refractivity contribution in [3.63, 3.8) is 0 Å². The Morgan fingerprint density at radius 3 is 0.984 bits per heavy atom. The summed E-state index contributed by atoms with van der Waals surface area (Å²) in [4.78, 5) is 0. The zero-order chi connectivity index (χ0) is 42.8. The lowest BCUT2D eigenvalue weighted by molar-refractivity contribution is 1.14. The summed E-state index contributed by atoms with van der Waals surface area (Å²) >= 11 is 0. The van der Waals surface area contributed by atoms with Crippen molar-refractivity contribution in [2.75, 3.05) is 0 Å². The smallest absolute Gasteiger partial charge is 0.0548 e. The Morgan fingerprint density at radius 2 is 0.578 bits per heavy atom. The first-order chi connectivity index (χ1) is 31.4. The highest BCUT2D eigenvalue weighted by molar-refractivity contribution is 6.20. The maximum absolute atomic E-state index is 2.49. The quantitative estimate of drug-likeness (QED) is 0.159. The molecule has 0 atom stereocenters. The number of aromatic nitrogens is 4. The Kier molecular flexibility index (Phi) is 7.96. The maximum Gasteiger partial charge on any atom is 0.0548 e. The van der Waals surface area contributed by atoms with Gasteiger partial charge in [-0.1, -0.05) is 97.8 Å². The molecule has 64 heavy (non-hydrogen) atoms. The summed E-state index contributed by atoms with van der Waals surface area (Å²) in [5, 5.41) is 10.1. The van der Waals surface area contributed by atoms with Crippen molar-refractivity contribution in [1.29, 1.82) is 0 Å². The Labute approximate surface area is 371 Å². The van der Waals surface area contributed by atoms with Crippen LogP contribution in [0.15, 0.2) is 182 Å². The van der Waals surface area contributed by atoms with Crippen molar-refractivity contribution in [2.24, 2.45) is 0 Å². The summed E-state index contributed by atoms with van der Waals surface area (Å²) in [5.41, 5.74) is 19.6. The third-order valence-electron chi connectivity index (χ3n) is 14.0. The first kappa shape index (κ1) is 36.8. The number of hydrogen-bond acceptors (Lipinski definition) is 0. The van der Waals surface area contributed by atoms with Crippen LogP contribution in [0.2, 0.25) is 0 Å². The van der Waals surface area contributed by atoms with Crippen LogP contribution in [0, 0.1) is 13.8 Å². The molecule has 13 aromatic rings. The molecule has 4 aromatic heterocycles. The molecule has 0 amide bonds. The summed E-state index contributed by atoms with van der Waals surface area (Å²) in [6.07, 6.45) is 1.99. The summed E-state index contributed by atoms with van der Waals surface area (Å²) in [6, 6.07) is 68.7. The second kappa shape index (κ2) is 13.8. The highest BCUT2D eigenvalue weighted by Crippen LogP contribution is 2.42. The second-order valence-electron chi connectivity index (χ2n) is 17.7. The maximum atomic E-state index is 2.49. The number of aryl methyl sites for hydroxylation is 4. The molecule has 4 heterocycles. The van der Waals surface area contributed by atoms with Crippen LogP contribution in [0.25, 0.3) is 110 Å².